The first kappa shape index (κ1) is 9.97. The molecule has 0 bridgehead atoms. The Morgan fingerprint density at radius 1 is 1.60 bits per heavy atom. The van der Waals surface area contributed by atoms with Gasteiger partial charge in [0.25, 0.3) is 0 Å². The Morgan fingerprint density at radius 2 is 2.33 bits per heavy atom. The summed E-state index contributed by atoms with van der Waals surface area (Å²) < 4.78 is 7.35. The Labute approximate surface area is 93.4 Å². The summed E-state index contributed by atoms with van der Waals surface area (Å²) in [7, 11) is 1.52. The molecule has 0 fully saturated rings. The topological polar surface area (TPSA) is 63.8 Å². The first-order valence-electron chi connectivity index (χ1n) is 4.08. The third kappa shape index (κ3) is 1.68. The zero-order valence-corrected chi connectivity index (χ0v) is 9.35. The molecule has 0 saturated carbocycles. The van der Waals surface area contributed by atoms with Crippen molar-refractivity contribution in [2.24, 2.45) is 0 Å². The lowest BCUT2D eigenvalue weighted by Gasteiger charge is -2.02. The van der Waals surface area contributed by atoms with Crippen molar-refractivity contribution in [2.45, 2.75) is 0 Å². The molecule has 0 amide bonds. The van der Waals surface area contributed by atoms with Crippen molar-refractivity contribution in [1.29, 1.82) is 0 Å². The van der Waals surface area contributed by atoms with Crippen LogP contribution in [0.2, 0.25) is 0 Å². The Kier molecular flexibility index (Phi) is 2.36. The number of carbonyl (C=O) groups is 1. The first-order chi connectivity index (χ1) is 7.11. The Bertz CT molecular complexity index is 535. The molecule has 2 heterocycles. The highest BCUT2D eigenvalue weighted by atomic mass is 79.9. The summed E-state index contributed by atoms with van der Waals surface area (Å²) >= 11 is 3.28. The lowest BCUT2D eigenvalue weighted by molar-refractivity contribution is 0.0690. The fourth-order valence-corrected chi connectivity index (χ4v) is 1.70. The Morgan fingerprint density at radius 3 is 2.93 bits per heavy atom. The molecule has 0 spiro atoms. The molecule has 0 aliphatic rings. The lowest BCUT2D eigenvalue weighted by Crippen LogP contribution is -1.97. The van der Waals surface area contributed by atoms with Crippen molar-refractivity contribution in [3.63, 3.8) is 0 Å². The predicted molar refractivity (Wildman–Crippen MR) is 56.4 cm³/mol. The van der Waals surface area contributed by atoms with E-state index in [0.29, 0.717) is 11.3 Å². The summed E-state index contributed by atoms with van der Waals surface area (Å²) in [6.07, 6.45) is 1.67. The molecular formula is C9H7BrN2O3. The van der Waals surface area contributed by atoms with E-state index in [9.17, 15) is 4.79 Å². The number of aromatic nitrogens is 2. The second-order valence-corrected chi connectivity index (χ2v) is 3.81. The van der Waals surface area contributed by atoms with Crippen LogP contribution in [-0.4, -0.2) is 27.8 Å². The average Bonchev–Trinajstić information content (AvgIpc) is 2.59. The van der Waals surface area contributed by atoms with E-state index in [1.165, 1.54) is 17.7 Å². The summed E-state index contributed by atoms with van der Waals surface area (Å²) in [6, 6.07) is 3.22. The highest BCUT2D eigenvalue weighted by Gasteiger charge is 2.12. The van der Waals surface area contributed by atoms with Gasteiger partial charge in [-0.3, -0.25) is 0 Å². The number of rotatable bonds is 2. The number of nitrogens with zero attached hydrogens (tertiary/aromatic N) is 2. The van der Waals surface area contributed by atoms with Crippen LogP contribution in [0, 0.1) is 0 Å². The molecule has 0 unspecified atom stereocenters. The van der Waals surface area contributed by atoms with Crippen molar-refractivity contribution in [3.8, 4) is 5.75 Å². The van der Waals surface area contributed by atoms with Crippen LogP contribution in [0.1, 0.15) is 10.5 Å². The molecule has 15 heavy (non-hydrogen) atoms. The van der Waals surface area contributed by atoms with Crippen LogP contribution in [0.15, 0.2) is 22.8 Å². The maximum atomic E-state index is 10.7. The number of halogens is 1. The predicted octanol–water partition coefficient (Wildman–Crippen LogP) is 1.80. The van der Waals surface area contributed by atoms with Gasteiger partial charge in [-0.2, -0.15) is 5.10 Å². The van der Waals surface area contributed by atoms with Gasteiger partial charge < -0.3 is 9.84 Å². The number of hydrogen-bond donors (Lipinski definition) is 1. The number of aromatic carboxylic acids is 1. The second-order valence-electron chi connectivity index (χ2n) is 2.89. The number of carboxylic acids is 1. The number of methoxy groups -OCH3 is 1. The summed E-state index contributed by atoms with van der Waals surface area (Å²) in [5, 5.41) is 12.7. The molecule has 0 atom stereocenters. The molecule has 0 aliphatic carbocycles. The van der Waals surface area contributed by atoms with E-state index in [1.807, 2.05) is 0 Å². The third-order valence-corrected chi connectivity index (χ3v) is 2.38. The molecule has 0 aromatic carbocycles. The highest BCUT2D eigenvalue weighted by Crippen LogP contribution is 2.24. The largest absolute Gasteiger partial charge is 0.494 e. The second kappa shape index (κ2) is 3.54. The minimum atomic E-state index is -1.06. The van der Waals surface area contributed by atoms with Crippen LogP contribution < -0.4 is 4.74 Å². The van der Waals surface area contributed by atoms with Crippen LogP contribution in [0.5, 0.6) is 5.75 Å². The van der Waals surface area contributed by atoms with E-state index >= 15 is 0 Å². The van der Waals surface area contributed by atoms with Gasteiger partial charge in [0, 0.05) is 16.7 Å². The van der Waals surface area contributed by atoms with Crippen molar-refractivity contribution in [2.75, 3.05) is 7.11 Å². The molecule has 2 rings (SSSR count). The van der Waals surface area contributed by atoms with Crippen LogP contribution in [0.4, 0.5) is 0 Å². The molecule has 78 valence electrons. The molecule has 0 aliphatic heterocycles. The van der Waals surface area contributed by atoms with E-state index in [2.05, 4.69) is 21.0 Å². The molecule has 2 aromatic heterocycles. The molecular weight excluding hydrogens is 264 g/mol. The summed E-state index contributed by atoms with van der Waals surface area (Å²) in [6.45, 7) is 0. The summed E-state index contributed by atoms with van der Waals surface area (Å²) in [4.78, 5) is 10.7. The van der Waals surface area contributed by atoms with Crippen LogP contribution in [-0.2, 0) is 0 Å². The smallest absolute Gasteiger partial charge is 0.356 e. The van der Waals surface area contributed by atoms with Gasteiger partial charge in [-0.15, -0.1) is 0 Å². The van der Waals surface area contributed by atoms with Crippen LogP contribution in [0.25, 0.3) is 5.52 Å². The van der Waals surface area contributed by atoms with E-state index in [1.54, 1.807) is 12.3 Å². The number of hydrogen-bond acceptors (Lipinski definition) is 3. The van der Waals surface area contributed by atoms with Gasteiger partial charge in [-0.05, 0) is 22.0 Å². The monoisotopic (exact) mass is 270 g/mol. The molecule has 0 saturated heterocycles. The average molecular weight is 271 g/mol. The van der Waals surface area contributed by atoms with E-state index in [0.717, 1.165) is 4.47 Å². The standard InChI is InChI=1S/C9H7BrN2O3/c1-15-8-2-5(10)4-12-7(8)3-6(11-12)9(13)14/h2-4H,1H3,(H,13,14). The molecule has 0 radical (unpaired) electrons. The highest BCUT2D eigenvalue weighted by molar-refractivity contribution is 9.10. The van der Waals surface area contributed by atoms with Crippen LogP contribution in [0.3, 0.4) is 0 Å². The van der Waals surface area contributed by atoms with E-state index < -0.39 is 5.97 Å². The van der Waals surface area contributed by atoms with Crippen LogP contribution >= 0.6 is 15.9 Å². The van der Waals surface area contributed by atoms with Gasteiger partial charge >= 0.3 is 5.97 Å². The van der Waals surface area contributed by atoms with Crippen molar-refractivity contribution in [3.05, 3.63) is 28.5 Å². The Hall–Kier alpha value is -1.56. The van der Waals surface area contributed by atoms with Crippen molar-refractivity contribution < 1.29 is 14.6 Å². The van der Waals surface area contributed by atoms with Gasteiger partial charge in [0.05, 0.1) is 7.11 Å². The zero-order valence-electron chi connectivity index (χ0n) is 7.77. The third-order valence-electron chi connectivity index (χ3n) is 1.94. The maximum Gasteiger partial charge on any atom is 0.356 e. The van der Waals surface area contributed by atoms with E-state index in [4.69, 9.17) is 9.84 Å². The molecule has 2 aromatic rings. The lowest BCUT2D eigenvalue weighted by atomic mass is 10.3. The minimum absolute atomic E-state index is 0.00796. The normalized spacial score (nSPS) is 10.5. The van der Waals surface area contributed by atoms with Crippen molar-refractivity contribution in [1.82, 2.24) is 9.61 Å². The fourth-order valence-electron chi connectivity index (χ4n) is 1.30. The van der Waals surface area contributed by atoms with Gasteiger partial charge in [0.15, 0.2) is 5.69 Å². The maximum absolute atomic E-state index is 10.7. The first-order valence-corrected chi connectivity index (χ1v) is 4.87. The SMILES string of the molecule is COc1cc(Br)cn2nc(C(=O)O)cc12. The van der Waals surface area contributed by atoms with Crippen molar-refractivity contribution >= 4 is 27.4 Å². The molecule has 1 N–H and O–H groups in total. The van der Waals surface area contributed by atoms with E-state index in [-0.39, 0.29) is 5.69 Å². The number of carboxylic acid groups (broad SMARTS) is 1. The van der Waals surface area contributed by atoms with Gasteiger partial charge in [-0.25, -0.2) is 9.31 Å². The fraction of sp³-hybridized carbons (Fsp3) is 0.111. The van der Waals surface area contributed by atoms with Gasteiger partial charge in [0.2, 0.25) is 0 Å². The number of fused-ring (bicyclic) bond motifs is 1. The quantitative estimate of drug-likeness (QED) is 0.904. The minimum Gasteiger partial charge on any atom is -0.494 e. The van der Waals surface area contributed by atoms with Gasteiger partial charge in [-0.1, -0.05) is 0 Å². The Balaban J connectivity index is 2.74. The molecule has 5 nitrogen and oxygen atoms in total. The summed E-state index contributed by atoms with van der Waals surface area (Å²) in [5.74, 6) is -0.485. The van der Waals surface area contributed by atoms with Gasteiger partial charge in [0.1, 0.15) is 11.3 Å². The zero-order chi connectivity index (χ0) is 11.0. The number of ether oxygens (including phenoxy) is 1. The summed E-state index contributed by atoms with van der Waals surface area (Å²) in [5.41, 5.74) is 0.615. The number of pyridine rings is 1. The molecule has 6 heteroatoms.